The second-order valence-electron chi connectivity index (χ2n) is 3.29. The van der Waals surface area contributed by atoms with Gasteiger partial charge in [-0.25, -0.2) is 0 Å². The molecule has 0 unspecified atom stereocenters. The van der Waals surface area contributed by atoms with E-state index in [9.17, 15) is 0 Å². The highest BCUT2D eigenvalue weighted by molar-refractivity contribution is 7.19. The van der Waals surface area contributed by atoms with E-state index < -0.39 is 0 Å². The third-order valence-corrected chi connectivity index (χ3v) is 3.32. The van der Waals surface area contributed by atoms with Gasteiger partial charge in [-0.15, -0.1) is 11.3 Å². The molecule has 80 valence electrons. The van der Waals surface area contributed by atoms with E-state index in [1.807, 2.05) is 23.7 Å². The Bertz CT molecular complexity index is 461. The SMILES string of the molecule is Cc1cc(-c2ccc(Cl)s2)n(CCN)n1. The van der Waals surface area contributed by atoms with Crippen LogP contribution in [0.1, 0.15) is 5.69 Å². The van der Waals surface area contributed by atoms with E-state index in [1.54, 1.807) is 11.3 Å². The minimum atomic E-state index is 0.591. The van der Waals surface area contributed by atoms with Crippen molar-refractivity contribution in [1.82, 2.24) is 9.78 Å². The minimum Gasteiger partial charge on any atom is -0.329 e. The Morgan fingerprint density at radius 2 is 2.33 bits per heavy atom. The molecule has 0 aliphatic heterocycles. The van der Waals surface area contributed by atoms with Crippen LogP contribution in [-0.2, 0) is 6.54 Å². The van der Waals surface area contributed by atoms with E-state index in [1.165, 1.54) is 0 Å². The lowest BCUT2D eigenvalue weighted by Crippen LogP contribution is -2.11. The molecule has 0 aliphatic carbocycles. The minimum absolute atomic E-state index is 0.591. The van der Waals surface area contributed by atoms with Crippen LogP contribution in [-0.4, -0.2) is 16.3 Å². The summed E-state index contributed by atoms with van der Waals surface area (Å²) in [5.74, 6) is 0. The topological polar surface area (TPSA) is 43.8 Å². The molecule has 5 heteroatoms. The largest absolute Gasteiger partial charge is 0.329 e. The zero-order valence-electron chi connectivity index (χ0n) is 8.40. The summed E-state index contributed by atoms with van der Waals surface area (Å²) in [7, 11) is 0. The van der Waals surface area contributed by atoms with Crippen LogP contribution in [0.3, 0.4) is 0 Å². The molecule has 0 aliphatic rings. The van der Waals surface area contributed by atoms with Crippen LogP contribution >= 0.6 is 22.9 Å². The molecule has 2 heterocycles. The van der Waals surface area contributed by atoms with Crippen molar-refractivity contribution >= 4 is 22.9 Å². The van der Waals surface area contributed by atoms with Crippen LogP contribution in [0.5, 0.6) is 0 Å². The summed E-state index contributed by atoms with van der Waals surface area (Å²) in [5.41, 5.74) is 7.63. The van der Waals surface area contributed by atoms with E-state index in [4.69, 9.17) is 17.3 Å². The molecule has 0 aromatic carbocycles. The van der Waals surface area contributed by atoms with E-state index in [2.05, 4.69) is 11.2 Å². The molecular weight excluding hydrogens is 230 g/mol. The average molecular weight is 242 g/mol. The molecule has 0 amide bonds. The summed E-state index contributed by atoms with van der Waals surface area (Å²) >= 11 is 7.47. The van der Waals surface area contributed by atoms with Crippen LogP contribution in [0.25, 0.3) is 10.6 Å². The van der Waals surface area contributed by atoms with Gasteiger partial charge in [-0.05, 0) is 25.1 Å². The maximum atomic E-state index is 5.91. The normalized spacial score (nSPS) is 10.9. The van der Waals surface area contributed by atoms with Crippen molar-refractivity contribution in [2.45, 2.75) is 13.5 Å². The van der Waals surface area contributed by atoms with Gasteiger partial charge in [-0.2, -0.15) is 5.10 Å². The van der Waals surface area contributed by atoms with Crippen molar-refractivity contribution in [2.24, 2.45) is 5.73 Å². The lowest BCUT2D eigenvalue weighted by Gasteiger charge is -2.02. The number of aryl methyl sites for hydroxylation is 1. The van der Waals surface area contributed by atoms with E-state index >= 15 is 0 Å². The number of hydrogen-bond donors (Lipinski definition) is 1. The van der Waals surface area contributed by atoms with E-state index in [-0.39, 0.29) is 0 Å². The van der Waals surface area contributed by atoms with Gasteiger partial charge in [0, 0.05) is 6.54 Å². The number of hydrogen-bond acceptors (Lipinski definition) is 3. The lowest BCUT2D eigenvalue weighted by atomic mass is 10.3. The standard InChI is InChI=1S/C10H12ClN3S/c1-7-6-8(14(13-7)5-4-12)9-2-3-10(11)15-9/h2-3,6H,4-5,12H2,1H3. The summed E-state index contributed by atoms with van der Waals surface area (Å²) in [5, 5.41) is 4.39. The first-order chi connectivity index (χ1) is 7.20. The third-order valence-electron chi connectivity index (χ3n) is 2.07. The predicted octanol–water partition coefficient (Wildman–Crippen LogP) is 2.53. The Balaban J connectivity index is 2.42. The molecule has 0 saturated carbocycles. The molecule has 2 rings (SSSR count). The summed E-state index contributed by atoms with van der Waals surface area (Å²) in [6.07, 6.45) is 0. The summed E-state index contributed by atoms with van der Waals surface area (Å²) in [6.45, 7) is 3.30. The van der Waals surface area contributed by atoms with Crippen molar-refractivity contribution < 1.29 is 0 Å². The molecule has 0 spiro atoms. The molecule has 3 nitrogen and oxygen atoms in total. The lowest BCUT2D eigenvalue weighted by molar-refractivity contribution is 0.627. The van der Waals surface area contributed by atoms with Crippen LogP contribution in [0, 0.1) is 6.92 Å². The highest BCUT2D eigenvalue weighted by Gasteiger charge is 2.09. The Kier molecular flexibility index (Phi) is 3.09. The van der Waals surface area contributed by atoms with Crippen molar-refractivity contribution in [1.29, 1.82) is 0 Å². The second kappa shape index (κ2) is 4.35. The first-order valence-electron chi connectivity index (χ1n) is 4.71. The van der Waals surface area contributed by atoms with E-state index in [0.717, 1.165) is 27.1 Å². The van der Waals surface area contributed by atoms with Crippen LogP contribution in [0.2, 0.25) is 4.34 Å². The number of rotatable bonds is 3. The van der Waals surface area contributed by atoms with Crippen molar-refractivity contribution in [3.05, 3.63) is 28.2 Å². The molecule has 2 aromatic rings. The Morgan fingerprint density at radius 1 is 1.53 bits per heavy atom. The smallest absolute Gasteiger partial charge is 0.0935 e. The first kappa shape index (κ1) is 10.7. The molecule has 0 bridgehead atoms. The van der Waals surface area contributed by atoms with Gasteiger partial charge < -0.3 is 5.73 Å². The maximum Gasteiger partial charge on any atom is 0.0935 e. The third kappa shape index (κ3) is 2.22. The molecule has 0 fully saturated rings. The highest BCUT2D eigenvalue weighted by atomic mass is 35.5. The zero-order valence-corrected chi connectivity index (χ0v) is 9.98. The molecule has 0 atom stereocenters. The van der Waals surface area contributed by atoms with Gasteiger partial charge in [0.05, 0.1) is 27.1 Å². The molecular formula is C10H12ClN3S. The number of nitrogens with zero attached hydrogens (tertiary/aromatic N) is 2. The van der Waals surface area contributed by atoms with Crippen molar-refractivity contribution in [3.63, 3.8) is 0 Å². The number of aromatic nitrogens is 2. The maximum absolute atomic E-state index is 5.91. The van der Waals surface area contributed by atoms with Gasteiger partial charge in [0.2, 0.25) is 0 Å². The number of nitrogens with two attached hydrogens (primary N) is 1. The fourth-order valence-electron chi connectivity index (χ4n) is 1.49. The first-order valence-corrected chi connectivity index (χ1v) is 5.90. The second-order valence-corrected chi connectivity index (χ2v) is 5.00. The average Bonchev–Trinajstić information content (AvgIpc) is 2.73. The monoisotopic (exact) mass is 241 g/mol. The van der Waals surface area contributed by atoms with Gasteiger partial charge >= 0.3 is 0 Å². The highest BCUT2D eigenvalue weighted by Crippen LogP contribution is 2.31. The van der Waals surface area contributed by atoms with Gasteiger partial charge in [-0.3, -0.25) is 4.68 Å². The van der Waals surface area contributed by atoms with Crippen LogP contribution < -0.4 is 5.73 Å². The van der Waals surface area contributed by atoms with Crippen molar-refractivity contribution in [3.8, 4) is 10.6 Å². The fraction of sp³-hybridized carbons (Fsp3) is 0.300. The summed E-state index contributed by atoms with van der Waals surface area (Å²) in [6, 6.07) is 5.96. The van der Waals surface area contributed by atoms with Gasteiger partial charge in [0.1, 0.15) is 0 Å². The molecule has 15 heavy (non-hydrogen) atoms. The van der Waals surface area contributed by atoms with E-state index in [0.29, 0.717) is 6.54 Å². The Hall–Kier alpha value is -0.840. The van der Waals surface area contributed by atoms with Gasteiger partial charge in [0.15, 0.2) is 0 Å². The Labute approximate surface area is 97.5 Å². The zero-order chi connectivity index (χ0) is 10.8. The molecule has 0 radical (unpaired) electrons. The summed E-state index contributed by atoms with van der Waals surface area (Å²) < 4.78 is 2.72. The number of halogens is 1. The van der Waals surface area contributed by atoms with Gasteiger partial charge in [-0.1, -0.05) is 11.6 Å². The van der Waals surface area contributed by atoms with Crippen LogP contribution in [0.15, 0.2) is 18.2 Å². The molecule has 0 saturated heterocycles. The van der Waals surface area contributed by atoms with Crippen LogP contribution in [0.4, 0.5) is 0 Å². The van der Waals surface area contributed by atoms with Crippen molar-refractivity contribution in [2.75, 3.05) is 6.54 Å². The predicted molar refractivity (Wildman–Crippen MR) is 64.3 cm³/mol. The fourth-order valence-corrected chi connectivity index (χ4v) is 2.55. The van der Waals surface area contributed by atoms with Gasteiger partial charge in [0.25, 0.3) is 0 Å². The quantitative estimate of drug-likeness (QED) is 0.898. The molecule has 2 N–H and O–H groups in total. The summed E-state index contributed by atoms with van der Waals surface area (Å²) in [4.78, 5) is 1.13. The Morgan fingerprint density at radius 3 is 2.93 bits per heavy atom. The number of thiophene rings is 1. The molecule has 2 aromatic heterocycles.